The molecule has 0 fully saturated rings. The first kappa shape index (κ1) is 17.2. The van der Waals surface area contributed by atoms with Gasteiger partial charge in [-0.3, -0.25) is 0 Å². The summed E-state index contributed by atoms with van der Waals surface area (Å²) < 4.78 is -0.673. The number of anilines is 1. The summed E-state index contributed by atoms with van der Waals surface area (Å²) in [7, 11) is 11.0. The van der Waals surface area contributed by atoms with Crippen molar-refractivity contribution in [1.82, 2.24) is 4.90 Å². The van der Waals surface area contributed by atoms with E-state index in [2.05, 4.69) is 56.8 Å². The number of thiol groups is 1. The van der Waals surface area contributed by atoms with Crippen molar-refractivity contribution in [3.63, 3.8) is 0 Å². The van der Waals surface area contributed by atoms with Crippen molar-refractivity contribution >= 4 is 26.2 Å². The Morgan fingerprint density at radius 2 is 1.91 bits per heavy atom. The highest BCUT2D eigenvalue weighted by molar-refractivity contribution is 7.83. The minimum absolute atomic E-state index is 0.116. The van der Waals surface area contributed by atoms with Crippen molar-refractivity contribution in [1.29, 1.82) is 0 Å². The second kappa shape index (κ2) is 5.73. The van der Waals surface area contributed by atoms with Crippen LogP contribution in [-0.4, -0.2) is 44.2 Å². The molecule has 0 amide bonds. The maximum absolute atomic E-state index is 6.81. The van der Waals surface area contributed by atoms with Crippen LogP contribution in [0.15, 0.2) is 12.1 Å². The molecule has 1 aromatic rings. The quantitative estimate of drug-likeness (QED) is 0.669. The van der Waals surface area contributed by atoms with Crippen molar-refractivity contribution in [2.24, 2.45) is 0 Å². The third kappa shape index (κ3) is 2.72. The molecule has 3 rings (SSSR count). The summed E-state index contributed by atoms with van der Waals surface area (Å²) in [6.07, 6.45) is 4.68. The molecular formula is C19H29BN2S. The molecule has 1 unspecified atom stereocenters. The van der Waals surface area contributed by atoms with Gasteiger partial charge in [0.15, 0.2) is 0 Å². The molecule has 0 saturated carbocycles. The van der Waals surface area contributed by atoms with E-state index in [9.17, 15) is 0 Å². The van der Waals surface area contributed by atoms with Crippen molar-refractivity contribution in [2.75, 3.05) is 25.5 Å². The van der Waals surface area contributed by atoms with E-state index in [0.717, 1.165) is 13.0 Å². The summed E-state index contributed by atoms with van der Waals surface area (Å²) in [6, 6.07) is 5.03. The zero-order valence-corrected chi connectivity index (χ0v) is 16.1. The molecule has 4 heteroatoms. The lowest BCUT2D eigenvalue weighted by atomic mass is 9.83. The second-order valence-electron chi connectivity index (χ2n) is 8.13. The van der Waals surface area contributed by atoms with E-state index in [0.29, 0.717) is 0 Å². The summed E-state index contributed by atoms with van der Waals surface area (Å²) in [5.74, 6) is 0. The van der Waals surface area contributed by atoms with E-state index < -0.39 is 4.77 Å². The van der Waals surface area contributed by atoms with Crippen LogP contribution in [0.2, 0.25) is 0 Å². The Kier molecular flexibility index (Phi) is 4.29. The smallest absolute Gasteiger partial charge is 0.121 e. The third-order valence-corrected chi connectivity index (χ3v) is 6.26. The van der Waals surface area contributed by atoms with Gasteiger partial charge in [0, 0.05) is 23.7 Å². The Labute approximate surface area is 148 Å². The average Bonchev–Trinajstić information content (AvgIpc) is 2.99. The molecule has 23 heavy (non-hydrogen) atoms. The van der Waals surface area contributed by atoms with Crippen molar-refractivity contribution < 1.29 is 0 Å². The fraction of sp³-hybridized carbons (Fsp3) is 0.684. The number of fused-ring (bicyclic) bond motifs is 2. The summed E-state index contributed by atoms with van der Waals surface area (Å²) in [5.41, 5.74) is 5.91. The van der Waals surface area contributed by atoms with Crippen LogP contribution in [0.25, 0.3) is 0 Å². The molecule has 1 aromatic carbocycles. The minimum atomic E-state index is -0.673. The molecule has 0 N–H and O–H groups in total. The zero-order valence-electron chi connectivity index (χ0n) is 15.2. The van der Waals surface area contributed by atoms with E-state index in [1.807, 2.05) is 0 Å². The number of nitrogens with zero attached hydrogens (tertiary/aromatic N) is 2. The van der Waals surface area contributed by atoms with Crippen LogP contribution >= 0.6 is 12.6 Å². The van der Waals surface area contributed by atoms with Crippen LogP contribution in [-0.2, 0) is 18.3 Å². The number of benzene rings is 1. The molecule has 1 heterocycles. The molecule has 0 saturated heterocycles. The van der Waals surface area contributed by atoms with Crippen molar-refractivity contribution in [3.8, 4) is 0 Å². The highest BCUT2D eigenvalue weighted by Crippen LogP contribution is 2.47. The monoisotopic (exact) mass is 328 g/mol. The largest absolute Gasteiger partial charge is 0.363 e. The molecule has 2 nitrogen and oxygen atoms in total. The molecule has 0 spiro atoms. The Balaban J connectivity index is 2.07. The lowest BCUT2D eigenvalue weighted by molar-refractivity contribution is 0.258. The molecule has 2 atom stereocenters. The van der Waals surface area contributed by atoms with E-state index >= 15 is 0 Å². The van der Waals surface area contributed by atoms with Crippen LogP contribution in [0.3, 0.4) is 0 Å². The lowest BCUT2D eigenvalue weighted by Gasteiger charge is -2.46. The van der Waals surface area contributed by atoms with Gasteiger partial charge in [0.1, 0.15) is 7.85 Å². The SMILES string of the molecule is [B]C(S)([C@@H](CC)N(C)C)N1CC(C)(C)c2cc3c(cc21)CCC3. The Morgan fingerprint density at radius 3 is 2.48 bits per heavy atom. The molecule has 2 aliphatic rings. The van der Waals surface area contributed by atoms with Gasteiger partial charge in [0.25, 0.3) is 0 Å². The molecular weight excluding hydrogens is 299 g/mol. The minimum Gasteiger partial charge on any atom is -0.363 e. The van der Waals surface area contributed by atoms with E-state index in [-0.39, 0.29) is 11.5 Å². The number of hydrogen-bond donors (Lipinski definition) is 1. The van der Waals surface area contributed by atoms with Gasteiger partial charge in [-0.25, -0.2) is 0 Å². The van der Waals surface area contributed by atoms with Crippen LogP contribution in [0.5, 0.6) is 0 Å². The van der Waals surface area contributed by atoms with Crippen LogP contribution in [0.1, 0.15) is 50.3 Å². The van der Waals surface area contributed by atoms with Crippen molar-refractivity contribution in [2.45, 2.75) is 62.7 Å². The highest BCUT2D eigenvalue weighted by Gasteiger charge is 2.45. The molecule has 1 aliphatic carbocycles. The average molecular weight is 328 g/mol. The first-order valence-corrected chi connectivity index (χ1v) is 9.24. The van der Waals surface area contributed by atoms with Gasteiger partial charge in [-0.15, -0.1) is 0 Å². The topological polar surface area (TPSA) is 6.48 Å². The number of rotatable bonds is 4. The zero-order chi connectivity index (χ0) is 17.0. The third-order valence-electron chi connectivity index (χ3n) is 5.72. The molecule has 0 aromatic heterocycles. The summed E-state index contributed by atoms with van der Waals surface area (Å²) in [6.45, 7) is 7.77. The van der Waals surface area contributed by atoms with Crippen molar-refractivity contribution in [3.05, 3.63) is 28.8 Å². The van der Waals surface area contributed by atoms with Gasteiger partial charge in [0.05, 0.1) is 4.77 Å². The Bertz CT molecular complexity index is 610. The van der Waals surface area contributed by atoms with Crippen LogP contribution < -0.4 is 4.90 Å². The first-order chi connectivity index (χ1) is 10.7. The van der Waals surface area contributed by atoms with Gasteiger partial charge < -0.3 is 9.80 Å². The summed E-state index contributed by atoms with van der Waals surface area (Å²) in [4.78, 5) is 4.55. The molecule has 124 valence electrons. The van der Waals surface area contributed by atoms with E-state index in [1.54, 1.807) is 5.56 Å². The number of hydrogen-bond acceptors (Lipinski definition) is 3. The fourth-order valence-electron chi connectivity index (χ4n) is 4.49. The van der Waals surface area contributed by atoms with Gasteiger partial charge in [-0.1, -0.05) is 26.8 Å². The standard InChI is InChI=1S/C19H29BN2S/c1-6-17(21(4)5)19(20,23)22-12-18(2,3)15-10-13-8-7-9-14(13)11-16(15)22/h10-11,17,23H,6-9,12H2,1-5H3/t17-,19?/m1/s1. The maximum Gasteiger partial charge on any atom is 0.121 e. The Morgan fingerprint density at radius 1 is 1.30 bits per heavy atom. The summed E-state index contributed by atoms with van der Waals surface area (Å²) >= 11 is 4.97. The highest BCUT2D eigenvalue weighted by atomic mass is 32.1. The second-order valence-corrected chi connectivity index (χ2v) is 8.85. The number of likely N-dealkylation sites (N-methyl/N-ethyl adjacent to an activating group) is 1. The normalized spacial score (nSPS) is 22.8. The van der Waals surface area contributed by atoms with Gasteiger partial charge >= 0.3 is 0 Å². The van der Waals surface area contributed by atoms with Gasteiger partial charge in [-0.05, 0) is 62.5 Å². The van der Waals surface area contributed by atoms with E-state index in [1.165, 1.54) is 36.1 Å². The van der Waals surface area contributed by atoms with Gasteiger partial charge in [0.2, 0.25) is 0 Å². The Hall–Kier alpha value is -0.605. The van der Waals surface area contributed by atoms with Gasteiger partial charge in [-0.2, -0.15) is 12.6 Å². The maximum atomic E-state index is 6.81. The van der Waals surface area contributed by atoms with E-state index in [4.69, 9.17) is 20.5 Å². The predicted octanol–water partition coefficient (Wildman–Crippen LogP) is 3.37. The van der Waals surface area contributed by atoms with Crippen LogP contribution in [0.4, 0.5) is 5.69 Å². The predicted molar refractivity (Wildman–Crippen MR) is 104 cm³/mol. The fourth-order valence-corrected chi connectivity index (χ4v) is 5.08. The molecule has 1 aliphatic heterocycles. The van der Waals surface area contributed by atoms with Crippen LogP contribution in [0, 0.1) is 0 Å². The molecule has 0 bridgehead atoms. The first-order valence-electron chi connectivity index (χ1n) is 8.80. The summed E-state index contributed by atoms with van der Waals surface area (Å²) in [5, 5.41) is 0. The lowest BCUT2D eigenvalue weighted by Crippen LogP contribution is -2.58. The molecule has 2 radical (unpaired) electrons. The number of aryl methyl sites for hydroxylation is 2.